The van der Waals surface area contributed by atoms with Crippen LogP contribution in [0.25, 0.3) is 0 Å². The molecule has 23 heavy (non-hydrogen) atoms. The fraction of sp³-hybridized carbons (Fsp3) is 0.125. The maximum Gasteiger partial charge on any atom is 0.338 e. The molecule has 0 aliphatic carbocycles. The van der Waals surface area contributed by atoms with Gasteiger partial charge in [0.2, 0.25) is 0 Å². The average Bonchev–Trinajstić information content (AvgIpc) is 2.49. The summed E-state index contributed by atoms with van der Waals surface area (Å²) in [6.07, 6.45) is 0. The smallest absolute Gasteiger partial charge is 0.338 e. The Morgan fingerprint density at radius 3 is 2.30 bits per heavy atom. The summed E-state index contributed by atoms with van der Waals surface area (Å²) in [5, 5.41) is 3.23. The molecule has 0 heterocycles. The molecular formula is C16H12Cl3NO3. The van der Waals surface area contributed by atoms with Gasteiger partial charge in [-0.2, -0.15) is 0 Å². The first kappa shape index (κ1) is 17.6. The summed E-state index contributed by atoms with van der Waals surface area (Å²) >= 11 is 17.7. The van der Waals surface area contributed by atoms with Crippen LogP contribution in [0, 0.1) is 6.92 Å². The van der Waals surface area contributed by atoms with Crippen LogP contribution in [-0.4, -0.2) is 18.5 Å². The molecule has 120 valence electrons. The fourth-order valence-corrected chi connectivity index (χ4v) is 2.76. The highest BCUT2D eigenvalue weighted by Gasteiger charge is 2.15. The molecule has 2 aromatic carbocycles. The van der Waals surface area contributed by atoms with E-state index in [4.69, 9.17) is 39.5 Å². The van der Waals surface area contributed by atoms with Crippen molar-refractivity contribution < 1.29 is 14.3 Å². The lowest BCUT2D eigenvalue weighted by atomic mass is 10.1. The van der Waals surface area contributed by atoms with Gasteiger partial charge in [-0.25, -0.2) is 4.79 Å². The van der Waals surface area contributed by atoms with Gasteiger partial charge in [0, 0.05) is 5.02 Å². The van der Waals surface area contributed by atoms with E-state index in [1.165, 1.54) is 12.1 Å². The van der Waals surface area contributed by atoms with Gasteiger partial charge in [-0.1, -0.05) is 53.0 Å². The molecule has 0 aliphatic heterocycles. The van der Waals surface area contributed by atoms with Crippen molar-refractivity contribution in [3.63, 3.8) is 0 Å². The van der Waals surface area contributed by atoms with Gasteiger partial charge in [-0.15, -0.1) is 0 Å². The summed E-state index contributed by atoms with van der Waals surface area (Å²) in [5.74, 6) is -1.13. The van der Waals surface area contributed by atoms with E-state index in [1.54, 1.807) is 25.1 Å². The Labute approximate surface area is 148 Å². The Kier molecular flexibility index (Phi) is 5.88. The number of ether oxygens (including phenoxy) is 1. The summed E-state index contributed by atoms with van der Waals surface area (Å²) < 4.78 is 4.98. The van der Waals surface area contributed by atoms with Crippen molar-refractivity contribution in [2.24, 2.45) is 0 Å². The predicted molar refractivity (Wildman–Crippen MR) is 91.6 cm³/mol. The molecule has 0 fully saturated rings. The van der Waals surface area contributed by atoms with Gasteiger partial charge in [-0.05, 0) is 30.7 Å². The second-order valence-corrected chi connectivity index (χ2v) is 5.93. The third-order valence-electron chi connectivity index (χ3n) is 2.97. The SMILES string of the molecule is Cc1ccccc1C(=O)OCC(=O)Nc1c(Cl)cc(Cl)cc1Cl. The van der Waals surface area contributed by atoms with Gasteiger partial charge < -0.3 is 10.1 Å². The summed E-state index contributed by atoms with van der Waals surface area (Å²) in [6, 6.07) is 9.83. The largest absolute Gasteiger partial charge is 0.452 e. The third kappa shape index (κ3) is 4.61. The molecule has 0 atom stereocenters. The van der Waals surface area contributed by atoms with Crippen LogP contribution in [0.1, 0.15) is 15.9 Å². The average molecular weight is 373 g/mol. The van der Waals surface area contributed by atoms with E-state index in [0.717, 1.165) is 5.56 Å². The van der Waals surface area contributed by atoms with Crippen LogP contribution in [0.3, 0.4) is 0 Å². The number of halogens is 3. The maximum atomic E-state index is 11.9. The highest BCUT2D eigenvalue weighted by molar-refractivity contribution is 6.42. The van der Waals surface area contributed by atoms with Gasteiger partial charge >= 0.3 is 5.97 Å². The van der Waals surface area contributed by atoms with E-state index in [0.29, 0.717) is 10.6 Å². The van der Waals surface area contributed by atoms with Crippen molar-refractivity contribution in [1.82, 2.24) is 0 Å². The molecule has 0 bridgehead atoms. The van der Waals surface area contributed by atoms with Gasteiger partial charge in [0.15, 0.2) is 6.61 Å². The van der Waals surface area contributed by atoms with Crippen LogP contribution < -0.4 is 5.32 Å². The zero-order chi connectivity index (χ0) is 17.0. The number of amides is 1. The minimum Gasteiger partial charge on any atom is -0.452 e. The number of benzene rings is 2. The van der Waals surface area contributed by atoms with Crippen LogP contribution in [0.4, 0.5) is 5.69 Å². The topological polar surface area (TPSA) is 55.4 Å². The molecule has 0 aromatic heterocycles. The molecule has 2 aromatic rings. The van der Waals surface area contributed by atoms with Crippen molar-refractivity contribution >= 4 is 52.4 Å². The molecule has 0 radical (unpaired) electrons. The van der Waals surface area contributed by atoms with Gasteiger partial charge in [0.25, 0.3) is 5.91 Å². The minimum absolute atomic E-state index is 0.195. The lowest BCUT2D eigenvalue weighted by Gasteiger charge is -2.10. The van der Waals surface area contributed by atoms with Gasteiger partial charge in [0.1, 0.15) is 0 Å². The quantitative estimate of drug-likeness (QED) is 0.788. The normalized spacial score (nSPS) is 10.3. The number of carbonyl (C=O) groups excluding carboxylic acids is 2. The maximum absolute atomic E-state index is 11.9. The predicted octanol–water partition coefficient (Wildman–Crippen LogP) is 4.75. The van der Waals surface area contributed by atoms with Crippen molar-refractivity contribution in [2.45, 2.75) is 6.92 Å². The highest BCUT2D eigenvalue weighted by atomic mass is 35.5. The monoisotopic (exact) mass is 371 g/mol. The first-order chi connectivity index (χ1) is 10.9. The number of anilines is 1. The zero-order valence-corrected chi connectivity index (χ0v) is 14.3. The molecule has 1 amide bonds. The Morgan fingerprint density at radius 1 is 1.09 bits per heavy atom. The third-order valence-corrected chi connectivity index (χ3v) is 3.79. The summed E-state index contributed by atoms with van der Waals surface area (Å²) in [7, 11) is 0. The van der Waals surface area contributed by atoms with Crippen LogP contribution in [0.5, 0.6) is 0 Å². The van der Waals surface area contributed by atoms with Crippen molar-refractivity contribution in [1.29, 1.82) is 0 Å². The minimum atomic E-state index is -0.577. The Hall–Kier alpha value is -1.75. The van der Waals surface area contributed by atoms with Crippen molar-refractivity contribution in [3.8, 4) is 0 Å². The zero-order valence-electron chi connectivity index (χ0n) is 12.0. The van der Waals surface area contributed by atoms with Crippen LogP contribution in [0.2, 0.25) is 15.1 Å². The Balaban J connectivity index is 1.99. The van der Waals surface area contributed by atoms with E-state index >= 15 is 0 Å². The number of esters is 1. The Morgan fingerprint density at radius 2 is 1.70 bits per heavy atom. The van der Waals surface area contributed by atoms with Crippen LogP contribution in [0.15, 0.2) is 36.4 Å². The van der Waals surface area contributed by atoms with E-state index in [2.05, 4.69) is 5.32 Å². The number of aryl methyl sites for hydroxylation is 1. The van der Waals surface area contributed by atoms with Crippen molar-refractivity contribution in [2.75, 3.05) is 11.9 Å². The number of nitrogens with one attached hydrogen (secondary N) is 1. The first-order valence-electron chi connectivity index (χ1n) is 6.55. The van der Waals surface area contributed by atoms with Crippen LogP contribution >= 0.6 is 34.8 Å². The standard InChI is InChI=1S/C16H12Cl3NO3/c1-9-4-2-3-5-11(9)16(22)23-8-14(21)20-15-12(18)6-10(17)7-13(15)19/h2-7H,8H2,1H3,(H,20,21). The lowest BCUT2D eigenvalue weighted by Crippen LogP contribution is -2.21. The number of rotatable bonds is 4. The summed E-state index contributed by atoms with van der Waals surface area (Å²) in [5.41, 5.74) is 1.39. The molecule has 0 saturated heterocycles. The van der Waals surface area contributed by atoms with Gasteiger partial charge in [0.05, 0.1) is 21.3 Å². The molecule has 1 N–H and O–H groups in total. The van der Waals surface area contributed by atoms with Crippen LogP contribution in [-0.2, 0) is 9.53 Å². The fourth-order valence-electron chi connectivity index (χ4n) is 1.85. The number of hydrogen-bond donors (Lipinski definition) is 1. The van der Waals surface area contributed by atoms with E-state index in [9.17, 15) is 9.59 Å². The van der Waals surface area contributed by atoms with E-state index in [-0.39, 0.29) is 15.7 Å². The molecule has 0 unspecified atom stereocenters. The highest BCUT2D eigenvalue weighted by Crippen LogP contribution is 2.33. The first-order valence-corrected chi connectivity index (χ1v) is 7.69. The second-order valence-electron chi connectivity index (χ2n) is 4.68. The molecule has 0 spiro atoms. The van der Waals surface area contributed by atoms with Crippen molar-refractivity contribution in [3.05, 3.63) is 62.6 Å². The summed E-state index contributed by atoms with van der Waals surface area (Å²) in [6.45, 7) is 1.33. The Bertz CT molecular complexity index is 739. The molecule has 4 nitrogen and oxygen atoms in total. The van der Waals surface area contributed by atoms with E-state index < -0.39 is 18.5 Å². The molecule has 7 heteroatoms. The molecular weight excluding hydrogens is 361 g/mol. The number of hydrogen-bond acceptors (Lipinski definition) is 3. The second kappa shape index (κ2) is 7.68. The lowest BCUT2D eigenvalue weighted by molar-refractivity contribution is -0.119. The molecule has 0 saturated carbocycles. The van der Waals surface area contributed by atoms with Gasteiger partial charge in [-0.3, -0.25) is 4.79 Å². The molecule has 0 aliphatic rings. The van der Waals surface area contributed by atoms with E-state index in [1.807, 2.05) is 6.07 Å². The summed E-state index contributed by atoms with van der Waals surface area (Å²) in [4.78, 5) is 23.8. The molecule has 2 rings (SSSR count). The number of carbonyl (C=O) groups is 2.